The van der Waals surface area contributed by atoms with Crippen LogP contribution in [0.3, 0.4) is 0 Å². The van der Waals surface area contributed by atoms with E-state index in [9.17, 15) is 0 Å². The fourth-order valence-corrected chi connectivity index (χ4v) is 8.93. The van der Waals surface area contributed by atoms with Crippen molar-refractivity contribution in [2.45, 2.75) is 0 Å². The van der Waals surface area contributed by atoms with Crippen LogP contribution in [0.25, 0.3) is 117 Å². The van der Waals surface area contributed by atoms with E-state index in [2.05, 4.69) is 187 Å². The number of nitrogens with zero attached hydrogens (tertiary/aromatic N) is 4. The van der Waals surface area contributed by atoms with Gasteiger partial charge in [0.2, 0.25) is 0 Å². The monoisotopic (exact) mass is 792 g/mol. The number of furan rings is 1. The van der Waals surface area contributed by atoms with E-state index in [0.29, 0.717) is 17.5 Å². The second-order valence-corrected chi connectivity index (χ2v) is 15.6. The molecule has 0 aliphatic heterocycles. The van der Waals surface area contributed by atoms with Crippen molar-refractivity contribution < 1.29 is 4.42 Å². The molecule has 3 aromatic heterocycles. The van der Waals surface area contributed by atoms with E-state index in [4.69, 9.17) is 19.4 Å². The lowest BCUT2D eigenvalue weighted by Crippen LogP contribution is -2.03. The third-order valence-electron chi connectivity index (χ3n) is 11.9. The van der Waals surface area contributed by atoms with Gasteiger partial charge in [-0.3, -0.25) is 0 Å². The Morgan fingerprint density at radius 2 is 0.806 bits per heavy atom. The second-order valence-electron chi connectivity index (χ2n) is 15.6. The maximum atomic E-state index is 7.09. The molecule has 0 amide bonds. The van der Waals surface area contributed by atoms with Crippen LogP contribution in [0.4, 0.5) is 0 Å². The molecular weight excluding hydrogens is 757 g/mol. The quantitative estimate of drug-likeness (QED) is 0.161. The molecule has 5 heteroatoms. The van der Waals surface area contributed by atoms with Crippen LogP contribution < -0.4 is 0 Å². The van der Waals surface area contributed by atoms with Crippen LogP contribution in [0, 0.1) is 0 Å². The van der Waals surface area contributed by atoms with E-state index in [1.165, 1.54) is 11.1 Å². The fourth-order valence-electron chi connectivity index (χ4n) is 8.93. The molecule has 12 rings (SSSR count). The summed E-state index contributed by atoms with van der Waals surface area (Å²) in [5.41, 5.74) is 14.4. The van der Waals surface area contributed by atoms with Crippen LogP contribution in [0.15, 0.2) is 223 Å². The Morgan fingerprint density at radius 3 is 1.56 bits per heavy atom. The van der Waals surface area contributed by atoms with Crippen LogP contribution in [0.1, 0.15) is 0 Å². The van der Waals surface area contributed by atoms with Crippen LogP contribution in [0.5, 0.6) is 0 Å². The minimum atomic E-state index is 0.592. The molecule has 0 saturated carbocycles. The lowest BCUT2D eigenvalue weighted by molar-refractivity contribution is 0.674. The van der Waals surface area contributed by atoms with E-state index < -0.39 is 0 Å². The first-order valence-corrected chi connectivity index (χ1v) is 20.9. The predicted octanol–water partition coefficient (Wildman–Crippen LogP) is 14.9. The molecule has 290 valence electrons. The standard InChI is InChI=1S/C57H36N4O/c1-4-16-37(17-5-1)39-30-32-41(33-31-39)56-58-55(40-20-8-3-9-21-40)59-57(60-56)48-25-11-13-29-50(48)61-49-28-12-10-24-47(49)52-51(61)35-34-46-45-27-15-26-44(53(45)62-54(46)52)43-23-14-22-42(36-43)38-18-6-2-7-19-38/h1-36H. The van der Waals surface area contributed by atoms with Crippen molar-refractivity contribution in [1.82, 2.24) is 19.5 Å². The van der Waals surface area contributed by atoms with Crippen LogP contribution >= 0.6 is 0 Å². The van der Waals surface area contributed by atoms with Crippen molar-refractivity contribution in [2.24, 2.45) is 0 Å². The average Bonchev–Trinajstić information content (AvgIpc) is 3.91. The molecular formula is C57H36N4O. The van der Waals surface area contributed by atoms with Crippen molar-refractivity contribution in [2.75, 3.05) is 0 Å². The van der Waals surface area contributed by atoms with Crippen molar-refractivity contribution in [3.8, 4) is 73.2 Å². The fraction of sp³-hybridized carbons (Fsp3) is 0. The first-order valence-electron chi connectivity index (χ1n) is 20.9. The van der Waals surface area contributed by atoms with Gasteiger partial charge in [0.25, 0.3) is 0 Å². The molecule has 0 radical (unpaired) electrons. The first-order chi connectivity index (χ1) is 30.7. The molecule has 0 saturated heterocycles. The van der Waals surface area contributed by atoms with Gasteiger partial charge in [0, 0.05) is 38.4 Å². The third-order valence-corrected chi connectivity index (χ3v) is 11.9. The highest BCUT2D eigenvalue weighted by Gasteiger charge is 2.23. The molecule has 0 aliphatic rings. The van der Waals surface area contributed by atoms with Gasteiger partial charge in [-0.05, 0) is 64.2 Å². The van der Waals surface area contributed by atoms with Gasteiger partial charge in [-0.25, -0.2) is 15.0 Å². The summed E-state index contributed by atoms with van der Waals surface area (Å²) >= 11 is 0. The van der Waals surface area contributed by atoms with Gasteiger partial charge in [0.1, 0.15) is 11.2 Å². The maximum absolute atomic E-state index is 7.09. The molecule has 3 heterocycles. The zero-order valence-corrected chi connectivity index (χ0v) is 33.5. The highest BCUT2D eigenvalue weighted by molar-refractivity contribution is 6.25. The minimum absolute atomic E-state index is 0.592. The molecule has 62 heavy (non-hydrogen) atoms. The second kappa shape index (κ2) is 14.7. The number of benzene rings is 9. The summed E-state index contributed by atoms with van der Waals surface area (Å²) in [5.74, 6) is 1.82. The zero-order chi connectivity index (χ0) is 41.0. The Hall–Kier alpha value is -8.41. The summed E-state index contributed by atoms with van der Waals surface area (Å²) < 4.78 is 9.42. The molecule has 0 fully saturated rings. The lowest BCUT2D eigenvalue weighted by atomic mass is 9.97. The molecule has 9 aromatic carbocycles. The largest absolute Gasteiger partial charge is 0.455 e. The molecule has 0 atom stereocenters. The highest BCUT2D eigenvalue weighted by Crippen LogP contribution is 2.44. The molecule has 12 aromatic rings. The van der Waals surface area contributed by atoms with Gasteiger partial charge in [0.15, 0.2) is 17.5 Å². The summed E-state index contributed by atoms with van der Waals surface area (Å²) in [6.45, 7) is 0. The van der Waals surface area contributed by atoms with Crippen molar-refractivity contribution in [1.29, 1.82) is 0 Å². The number of fused-ring (bicyclic) bond motifs is 7. The van der Waals surface area contributed by atoms with E-state index in [1.807, 2.05) is 36.4 Å². The molecule has 0 N–H and O–H groups in total. The Kier molecular flexibility index (Phi) is 8.42. The molecule has 0 unspecified atom stereocenters. The molecule has 0 spiro atoms. The number of hydrogen-bond donors (Lipinski definition) is 0. The van der Waals surface area contributed by atoms with Gasteiger partial charge < -0.3 is 8.98 Å². The summed E-state index contributed by atoms with van der Waals surface area (Å²) in [5, 5.41) is 4.34. The first kappa shape index (κ1) is 35.5. The summed E-state index contributed by atoms with van der Waals surface area (Å²) in [6, 6.07) is 76.1. The third kappa shape index (κ3) is 5.98. The van der Waals surface area contributed by atoms with Gasteiger partial charge in [0.05, 0.1) is 22.1 Å². The normalized spacial score (nSPS) is 11.5. The van der Waals surface area contributed by atoms with Crippen LogP contribution in [0.2, 0.25) is 0 Å². The van der Waals surface area contributed by atoms with Crippen molar-refractivity contribution >= 4 is 43.7 Å². The van der Waals surface area contributed by atoms with E-state index in [0.717, 1.165) is 88.4 Å². The van der Waals surface area contributed by atoms with E-state index >= 15 is 0 Å². The Morgan fingerprint density at radius 1 is 0.306 bits per heavy atom. The zero-order valence-electron chi connectivity index (χ0n) is 33.5. The predicted molar refractivity (Wildman–Crippen MR) is 254 cm³/mol. The molecule has 5 nitrogen and oxygen atoms in total. The summed E-state index contributed by atoms with van der Waals surface area (Å²) in [7, 11) is 0. The Bertz CT molecular complexity index is 3610. The van der Waals surface area contributed by atoms with Gasteiger partial charge in [-0.15, -0.1) is 0 Å². The Balaban J connectivity index is 1.04. The highest BCUT2D eigenvalue weighted by atomic mass is 16.3. The van der Waals surface area contributed by atoms with Gasteiger partial charge in [-0.2, -0.15) is 0 Å². The maximum Gasteiger partial charge on any atom is 0.166 e. The van der Waals surface area contributed by atoms with E-state index in [1.54, 1.807) is 0 Å². The topological polar surface area (TPSA) is 56.7 Å². The summed E-state index contributed by atoms with van der Waals surface area (Å²) in [4.78, 5) is 15.5. The number of rotatable bonds is 7. The van der Waals surface area contributed by atoms with Crippen LogP contribution in [-0.2, 0) is 0 Å². The minimum Gasteiger partial charge on any atom is -0.455 e. The van der Waals surface area contributed by atoms with Gasteiger partial charge in [-0.1, -0.05) is 182 Å². The van der Waals surface area contributed by atoms with Crippen molar-refractivity contribution in [3.63, 3.8) is 0 Å². The summed E-state index contributed by atoms with van der Waals surface area (Å²) in [6.07, 6.45) is 0. The average molecular weight is 793 g/mol. The van der Waals surface area contributed by atoms with Crippen molar-refractivity contribution in [3.05, 3.63) is 218 Å². The SMILES string of the molecule is c1ccc(-c2ccc(-c3nc(-c4ccccc4)nc(-c4ccccc4-n4c5ccccc5c5c6oc7c(-c8cccc(-c9ccccc9)c8)cccc7c6ccc54)n3)cc2)cc1. The molecule has 0 aliphatic carbocycles. The molecule has 0 bridgehead atoms. The smallest absolute Gasteiger partial charge is 0.166 e. The lowest BCUT2D eigenvalue weighted by Gasteiger charge is -2.14. The Labute approximate surface area is 357 Å². The van der Waals surface area contributed by atoms with Crippen LogP contribution in [-0.4, -0.2) is 19.5 Å². The van der Waals surface area contributed by atoms with Gasteiger partial charge >= 0.3 is 0 Å². The number of hydrogen-bond acceptors (Lipinski definition) is 4. The number of aromatic nitrogens is 4. The van der Waals surface area contributed by atoms with E-state index in [-0.39, 0.29) is 0 Å². The number of para-hydroxylation sites is 3.